The molecule has 0 aliphatic carbocycles. The van der Waals surface area contributed by atoms with E-state index >= 15 is 0 Å². The number of aliphatic hydroxyl groups is 1. The van der Waals surface area contributed by atoms with Gasteiger partial charge in [0.05, 0.1) is 31.1 Å². The summed E-state index contributed by atoms with van der Waals surface area (Å²) >= 11 is 0. The molecule has 20 heavy (non-hydrogen) atoms. The van der Waals surface area contributed by atoms with Crippen LogP contribution in [-0.2, 0) is 6.42 Å². The van der Waals surface area contributed by atoms with Crippen LogP contribution in [0.15, 0.2) is 48.5 Å². The van der Waals surface area contributed by atoms with Crippen molar-refractivity contribution in [3.05, 3.63) is 54.1 Å². The monoisotopic (exact) mass is 272 g/mol. The second-order valence-electron chi connectivity index (χ2n) is 4.64. The van der Waals surface area contributed by atoms with Gasteiger partial charge in [0.1, 0.15) is 5.75 Å². The Labute approximate surface area is 119 Å². The van der Waals surface area contributed by atoms with E-state index in [-0.39, 0.29) is 12.6 Å². The zero-order valence-corrected chi connectivity index (χ0v) is 11.5. The van der Waals surface area contributed by atoms with E-state index in [0.29, 0.717) is 11.4 Å². The first-order chi connectivity index (χ1) is 9.74. The van der Waals surface area contributed by atoms with Crippen LogP contribution in [0.2, 0.25) is 0 Å². The molecule has 0 saturated heterocycles. The van der Waals surface area contributed by atoms with Gasteiger partial charge in [-0.2, -0.15) is 0 Å². The molecule has 0 fully saturated rings. The molecule has 0 aliphatic heterocycles. The summed E-state index contributed by atoms with van der Waals surface area (Å²) < 4.78 is 5.19. The molecule has 0 spiro atoms. The van der Waals surface area contributed by atoms with Crippen LogP contribution in [-0.4, -0.2) is 24.9 Å². The molecule has 0 aliphatic rings. The first kappa shape index (κ1) is 14.2. The maximum atomic E-state index is 9.53. The summed E-state index contributed by atoms with van der Waals surface area (Å²) in [5.74, 6) is 0.631. The Morgan fingerprint density at radius 3 is 2.55 bits per heavy atom. The van der Waals surface area contributed by atoms with Gasteiger partial charge in [-0.05, 0) is 24.1 Å². The van der Waals surface area contributed by atoms with Gasteiger partial charge < -0.3 is 20.9 Å². The van der Waals surface area contributed by atoms with Crippen molar-refractivity contribution in [1.82, 2.24) is 0 Å². The van der Waals surface area contributed by atoms with E-state index in [1.165, 1.54) is 5.56 Å². The zero-order valence-electron chi connectivity index (χ0n) is 11.5. The fourth-order valence-electron chi connectivity index (χ4n) is 2.13. The molecule has 0 aromatic heterocycles. The van der Waals surface area contributed by atoms with Crippen LogP contribution in [0, 0.1) is 0 Å². The van der Waals surface area contributed by atoms with E-state index in [4.69, 9.17) is 10.5 Å². The Balaban J connectivity index is 2.10. The molecule has 0 saturated carbocycles. The van der Waals surface area contributed by atoms with Gasteiger partial charge in [-0.15, -0.1) is 0 Å². The lowest BCUT2D eigenvalue weighted by Gasteiger charge is -2.20. The van der Waals surface area contributed by atoms with Gasteiger partial charge in [-0.25, -0.2) is 0 Å². The average molecular weight is 272 g/mol. The van der Waals surface area contributed by atoms with Crippen molar-refractivity contribution in [3.63, 3.8) is 0 Å². The topological polar surface area (TPSA) is 67.5 Å². The lowest BCUT2D eigenvalue weighted by Crippen LogP contribution is -2.26. The quantitative estimate of drug-likeness (QED) is 0.706. The van der Waals surface area contributed by atoms with Crippen LogP contribution in [0.5, 0.6) is 5.75 Å². The van der Waals surface area contributed by atoms with Crippen LogP contribution in [0.25, 0.3) is 0 Å². The largest absolute Gasteiger partial charge is 0.495 e. The number of anilines is 2. The van der Waals surface area contributed by atoms with Crippen molar-refractivity contribution in [1.29, 1.82) is 0 Å². The summed E-state index contributed by atoms with van der Waals surface area (Å²) in [7, 11) is 1.59. The smallest absolute Gasteiger partial charge is 0.143 e. The third-order valence-corrected chi connectivity index (χ3v) is 3.19. The summed E-state index contributed by atoms with van der Waals surface area (Å²) in [4.78, 5) is 0. The lowest BCUT2D eigenvalue weighted by molar-refractivity contribution is 0.273. The first-order valence-corrected chi connectivity index (χ1v) is 6.58. The minimum atomic E-state index is -0.0909. The van der Waals surface area contributed by atoms with Crippen molar-refractivity contribution in [2.75, 3.05) is 24.8 Å². The molecule has 4 heteroatoms. The van der Waals surface area contributed by atoms with Crippen molar-refractivity contribution in [2.45, 2.75) is 12.5 Å². The SMILES string of the molecule is COc1cccc(NC(CO)Cc2ccccc2)c1N. The van der Waals surface area contributed by atoms with Crippen LogP contribution in [0.3, 0.4) is 0 Å². The molecule has 2 aromatic carbocycles. The average Bonchev–Trinajstić information content (AvgIpc) is 2.49. The predicted octanol–water partition coefficient (Wildman–Crippen LogP) is 2.29. The van der Waals surface area contributed by atoms with E-state index in [9.17, 15) is 5.11 Å². The standard InChI is InChI=1S/C16H20N2O2/c1-20-15-9-5-8-14(16(15)17)18-13(11-19)10-12-6-3-2-4-7-12/h2-9,13,18-19H,10-11,17H2,1H3. The number of ether oxygens (including phenoxy) is 1. The third-order valence-electron chi connectivity index (χ3n) is 3.19. The van der Waals surface area contributed by atoms with Gasteiger partial charge in [-0.3, -0.25) is 0 Å². The number of para-hydroxylation sites is 1. The predicted molar refractivity (Wildman–Crippen MR) is 82.0 cm³/mol. The van der Waals surface area contributed by atoms with Crippen molar-refractivity contribution < 1.29 is 9.84 Å². The number of nitrogens with one attached hydrogen (secondary N) is 1. The maximum absolute atomic E-state index is 9.53. The maximum Gasteiger partial charge on any atom is 0.143 e. The van der Waals surface area contributed by atoms with E-state index < -0.39 is 0 Å². The normalized spacial score (nSPS) is 11.9. The highest BCUT2D eigenvalue weighted by atomic mass is 16.5. The molecule has 4 nitrogen and oxygen atoms in total. The number of benzene rings is 2. The highest BCUT2D eigenvalue weighted by Crippen LogP contribution is 2.29. The van der Waals surface area contributed by atoms with Crippen molar-refractivity contribution in [3.8, 4) is 5.75 Å². The minimum absolute atomic E-state index is 0.0333. The fourth-order valence-corrected chi connectivity index (χ4v) is 2.13. The number of aliphatic hydroxyl groups excluding tert-OH is 1. The summed E-state index contributed by atoms with van der Waals surface area (Å²) in [6.45, 7) is 0.0333. The van der Waals surface area contributed by atoms with Gasteiger partial charge in [0.2, 0.25) is 0 Å². The Morgan fingerprint density at radius 1 is 1.15 bits per heavy atom. The van der Waals surface area contributed by atoms with Crippen LogP contribution >= 0.6 is 0 Å². The van der Waals surface area contributed by atoms with E-state index in [2.05, 4.69) is 5.32 Å². The summed E-state index contributed by atoms with van der Waals surface area (Å²) in [6, 6.07) is 15.5. The number of nitrogen functional groups attached to an aromatic ring is 1. The Bertz CT molecular complexity index is 543. The third kappa shape index (κ3) is 3.42. The van der Waals surface area contributed by atoms with Crippen LogP contribution in [0.4, 0.5) is 11.4 Å². The summed E-state index contributed by atoms with van der Waals surface area (Å²) in [6.07, 6.45) is 0.730. The molecule has 2 rings (SSSR count). The molecule has 4 N–H and O–H groups in total. The van der Waals surface area contributed by atoms with Gasteiger partial charge >= 0.3 is 0 Å². The van der Waals surface area contributed by atoms with Gasteiger partial charge in [0.15, 0.2) is 0 Å². The van der Waals surface area contributed by atoms with Crippen molar-refractivity contribution in [2.24, 2.45) is 0 Å². The van der Waals surface area contributed by atoms with Gasteiger partial charge in [0, 0.05) is 0 Å². The first-order valence-electron chi connectivity index (χ1n) is 6.58. The molecule has 0 amide bonds. The highest BCUT2D eigenvalue weighted by molar-refractivity contribution is 5.73. The number of hydrogen-bond donors (Lipinski definition) is 3. The van der Waals surface area contributed by atoms with E-state index in [1.807, 2.05) is 48.5 Å². The van der Waals surface area contributed by atoms with E-state index in [0.717, 1.165) is 12.1 Å². The van der Waals surface area contributed by atoms with Crippen LogP contribution < -0.4 is 15.8 Å². The summed E-state index contributed by atoms with van der Waals surface area (Å²) in [5, 5.41) is 12.8. The molecule has 0 bridgehead atoms. The lowest BCUT2D eigenvalue weighted by atomic mass is 10.1. The molecule has 0 radical (unpaired) electrons. The molecule has 0 heterocycles. The number of rotatable bonds is 6. The summed E-state index contributed by atoms with van der Waals surface area (Å²) in [5.41, 5.74) is 8.52. The Hall–Kier alpha value is -2.20. The molecule has 1 atom stereocenters. The second kappa shape index (κ2) is 6.82. The van der Waals surface area contributed by atoms with Crippen LogP contribution in [0.1, 0.15) is 5.56 Å². The zero-order chi connectivity index (χ0) is 14.4. The fraction of sp³-hybridized carbons (Fsp3) is 0.250. The Kier molecular flexibility index (Phi) is 4.85. The van der Waals surface area contributed by atoms with Gasteiger partial charge in [0.25, 0.3) is 0 Å². The molecule has 2 aromatic rings. The minimum Gasteiger partial charge on any atom is -0.495 e. The number of hydrogen-bond acceptors (Lipinski definition) is 4. The highest BCUT2D eigenvalue weighted by Gasteiger charge is 2.11. The molecular formula is C16H20N2O2. The van der Waals surface area contributed by atoms with Gasteiger partial charge in [-0.1, -0.05) is 36.4 Å². The molecule has 106 valence electrons. The van der Waals surface area contributed by atoms with E-state index in [1.54, 1.807) is 7.11 Å². The number of nitrogens with two attached hydrogens (primary N) is 1. The number of methoxy groups -OCH3 is 1. The molecular weight excluding hydrogens is 252 g/mol. The Morgan fingerprint density at radius 2 is 1.90 bits per heavy atom. The second-order valence-corrected chi connectivity index (χ2v) is 4.64. The molecule has 1 unspecified atom stereocenters. The van der Waals surface area contributed by atoms with Crippen molar-refractivity contribution >= 4 is 11.4 Å².